The Balaban J connectivity index is 2.26. The highest BCUT2D eigenvalue weighted by Crippen LogP contribution is 2.22. The second kappa shape index (κ2) is 4.14. The molecule has 1 aromatic rings. The van der Waals surface area contributed by atoms with Crippen LogP contribution in [0.4, 0.5) is 0 Å². The Morgan fingerprint density at radius 1 is 1.29 bits per heavy atom. The summed E-state index contributed by atoms with van der Waals surface area (Å²) in [6.07, 6.45) is 2.50. The van der Waals surface area contributed by atoms with Crippen molar-refractivity contribution in [3.05, 3.63) is 35.4 Å². The summed E-state index contributed by atoms with van der Waals surface area (Å²) in [6, 6.07) is 9.46. The van der Waals surface area contributed by atoms with Crippen LogP contribution < -0.4 is 5.32 Å². The molecule has 0 saturated heterocycles. The van der Waals surface area contributed by atoms with Crippen LogP contribution in [0.1, 0.15) is 31.4 Å². The Morgan fingerprint density at radius 3 is 2.71 bits per heavy atom. The number of benzene rings is 1. The minimum atomic E-state index is 0.646. The van der Waals surface area contributed by atoms with E-state index in [-0.39, 0.29) is 0 Å². The van der Waals surface area contributed by atoms with Gasteiger partial charge < -0.3 is 5.32 Å². The van der Waals surface area contributed by atoms with Gasteiger partial charge in [0.15, 0.2) is 0 Å². The van der Waals surface area contributed by atoms with Gasteiger partial charge in [-0.3, -0.25) is 0 Å². The zero-order chi connectivity index (χ0) is 9.97. The average molecular weight is 189 g/mol. The van der Waals surface area contributed by atoms with Crippen LogP contribution in [-0.2, 0) is 13.0 Å². The number of rotatable bonds is 1. The van der Waals surface area contributed by atoms with Gasteiger partial charge in [0.1, 0.15) is 0 Å². The maximum absolute atomic E-state index is 3.60. The van der Waals surface area contributed by atoms with Gasteiger partial charge in [-0.25, -0.2) is 0 Å². The van der Waals surface area contributed by atoms with Gasteiger partial charge in [0.2, 0.25) is 0 Å². The molecular formula is C13H19N. The Morgan fingerprint density at radius 2 is 2.00 bits per heavy atom. The minimum absolute atomic E-state index is 0.646. The minimum Gasteiger partial charge on any atom is -0.310 e. The van der Waals surface area contributed by atoms with Crippen LogP contribution >= 0.6 is 0 Å². The molecule has 2 atom stereocenters. The first-order valence-electron chi connectivity index (χ1n) is 5.61. The third-order valence-corrected chi connectivity index (χ3v) is 3.45. The number of hydrogen-bond acceptors (Lipinski definition) is 1. The maximum atomic E-state index is 3.60. The lowest BCUT2D eigenvalue weighted by molar-refractivity contribution is 0.374. The van der Waals surface area contributed by atoms with Crippen molar-refractivity contribution < 1.29 is 0 Å². The van der Waals surface area contributed by atoms with E-state index in [1.165, 1.54) is 24.0 Å². The molecule has 1 aromatic carbocycles. The Kier molecular flexibility index (Phi) is 2.87. The summed E-state index contributed by atoms with van der Waals surface area (Å²) < 4.78 is 0. The fraction of sp³-hybridized carbons (Fsp3) is 0.538. The summed E-state index contributed by atoms with van der Waals surface area (Å²) in [5.41, 5.74) is 3.02. The lowest BCUT2D eigenvalue weighted by atomic mass is 9.91. The van der Waals surface area contributed by atoms with Crippen molar-refractivity contribution >= 4 is 0 Å². The molecule has 0 amide bonds. The van der Waals surface area contributed by atoms with Gasteiger partial charge in [0.05, 0.1) is 0 Å². The molecule has 0 fully saturated rings. The van der Waals surface area contributed by atoms with Crippen molar-refractivity contribution in [1.29, 1.82) is 0 Å². The van der Waals surface area contributed by atoms with E-state index < -0.39 is 0 Å². The van der Waals surface area contributed by atoms with Gasteiger partial charge in [-0.05, 0) is 30.4 Å². The summed E-state index contributed by atoms with van der Waals surface area (Å²) in [4.78, 5) is 0. The summed E-state index contributed by atoms with van der Waals surface area (Å²) in [7, 11) is 0. The lowest BCUT2D eigenvalue weighted by Crippen LogP contribution is -2.31. The highest BCUT2D eigenvalue weighted by molar-refractivity contribution is 5.28. The van der Waals surface area contributed by atoms with Gasteiger partial charge >= 0.3 is 0 Å². The normalized spacial score (nSPS) is 26.7. The van der Waals surface area contributed by atoms with E-state index in [0.29, 0.717) is 6.04 Å². The van der Waals surface area contributed by atoms with Gasteiger partial charge in [0.25, 0.3) is 0 Å². The van der Waals surface area contributed by atoms with Crippen LogP contribution in [0.2, 0.25) is 0 Å². The van der Waals surface area contributed by atoms with Crippen molar-refractivity contribution in [3.63, 3.8) is 0 Å². The Bertz CT molecular complexity index is 306. The van der Waals surface area contributed by atoms with E-state index in [9.17, 15) is 0 Å². The summed E-state index contributed by atoms with van der Waals surface area (Å²) in [5.74, 6) is 0.790. The smallest absolute Gasteiger partial charge is 0.0210 e. The first-order valence-corrected chi connectivity index (χ1v) is 5.61. The molecule has 0 radical (unpaired) electrons. The molecule has 1 heterocycles. The predicted molar refractivity (Wildman–Crippen MR) is 60.2 cm³/mol. The van der Waals surface area contributed by atoms with Gasteiger partial charge in [-0.15, -0.1) is 0 Å². The number of nitrogens with one attached hydrogen (secondary N) is 1. The van der Waals surface area contributed by atoms with Crippen LogP contribution in [0.3, 0.4) is 0 Å². The van der Waals surface area contributed by atoms with Crippen molar-refractivity contribution in [2.75, 3.05) is 0 Å². The average Bonchev–Trinajstić information content (AvgIpc) is 2.38. The highest BCUT2D eigenvalue weighted by atomic mass is 14.9. The quantitative estimate of drug-likeness (QED) is 0.716. The second-order valence-electron chi connectivity index (χ2n) is 4.31. The molecule has 2 rings (SSSR count). The molecule has 76 valence electrons. The molecule has 0 bridgehead atoms. The van der Waals surface area contributed by atoms with Crippen LogP contribution in [0.25, 0.3) is 0 Å². The van der Waals surface area contributed by atoms with Crippen LogP contribution in [0, 0.1) is 5.92 Å². The van der Waals surface area contributed by atoms with E-state index in [1.54, 1.807) is 0 Å². The third-order valence-electron chi connectivity index (χ3n) is 3.45. The van der Waals surface area contributed by atoms with Crippen molar-refractivity contribution in [3.8, 4) is 0 Å². The third kappa shape index (κ3) is 1.83. The van der Waals surface area contributed by atoms with Crippen LogP contribution in [-0.4, -0.2) is 6.04 Å². The van der Waals surface area contributed by atoms with Crippen LogP contribution in [0.5, 0.6) is 0 Å². The number of fused-ring (bicyclic) bond motifs is 1. The Hall–Kier alpha value is -0.820. The highest BCUT2D eigenvalue weighted by Gasteiger charge is 2.20. The monoisotopic (exact) mass is 189 g/mol. The largest absolute Gasteiger partial charge is 0.310 e. The summed E-state index contributed by atoms with van der Waals surface area (Å²) >= 11 is 0. The SMILES string of the molecule is CCC1Cc2ccccc2CNC1C. The van der Waals surface area contributed by atoms with Crippen molar-refractivity contribution in [2.45, 2.75) is 39.3 Å². The number of hydrogen-bond donors (Lipinski definition) is 1. The first-order chi connectivity index (χ1) is 6.81. The molecule has 1 aliphatic rings. The fourth-order valence-corrected chi connectivity index (χ4v) is 2.32. The van der Waals surface area contributed by atoms with E-state index in [2.05, 4.69) is 43.4 Å². The van der Waals surface area contributed by atoms with E-state index in [4.69, 9.17) is 0 Å². The maximum Gasteiger partial charge on any atom is 0.0210 e. The summed E-state index contributed by atoms with van der Waals surface area (Å²) in [6.45, 7) is 5.63. The van der Waals surface area contributed by atoms with E-state index in [0.717, 1.165) is 12.5 Å². The molecule has 0 saturated carbocycles. The fourth-order valence-electron chi connectivity index (χ4n) is 2.32. The molecule has 1 heteroatoms. The summed E-state index contributed by atoms with van der Waals surface area (Å²) in [5, 5.41) is 3.60. The molecule has 0 aliphatic carbocycles. The molecular weight excluding hydrogens is 170 g/mol. The molecule has 0 spiro atoms. The molecule has 14 heavy (non-hydrogen) atoms. The zero-order valence-corrected chi connectivity index (χ0v) is 9.09. The molecule has 1 aliphatic heterocycles. The predicted octanol–water partition coefficient (Wildman–Crippen LogP) is 2.75. The Labute approximate surface area is 86.5 Å². The second-order valence-corrected chi connectivity index (χ2v) is 4.31. The lowest BCUT2D eigenvalue weighted by Gasteiger charge is -2.20. The molecule has 1 nitrogen and oxygen atoms in total. The van der Waals surface area contributed by atoms with Gasteiger partial charge in [0, 0.05) is 12.6 Å². The topological polar surface area (TPSA) is 12.0 Å². The van der Waals surface area contributed by atoms with Gasteiger partial charge in [-0.1, -0.05) is 37.6 Å². The van der Waals surface area contributed by atoms with Crippen molar-refractivity contribution in [1.82, 2.24) is 5.32 Å². The standard InChI is InChI=1S/C13H19N/c1-3-11-8-12-6-4-5-7-13(12)9-14-10(11)2/h4-7,10-11,14H,3,8-9H2,1-2H3. The van der Waals surface area contributed by atoms with Gasteiger partial charge in [-0.2, -0.15) is 0 Å². The first kappa shape index (κ1) is 9.72. The van der Waals surface area contributed by atoms with Crippen LogP contribution in [0.15, 0.2) is 24.3 Å². The van der Waals surface area contributed by atoms with Crippen molar-refractivity contribution in [2.24, 2.45) is 5.92 Å². The molecule has 0 aromatic heterocycles. The zero-order valence-electron chi connectivity index (χ0n) is 9.09. The van der Waals surface area contributed by atoms with E-state index in [1.807, 2.05) is 0 Å². The molecule has 2 unspecified atom stereocenters. The van der Waals surface area contributed by atoms with E-state index >= 15 is 0 Å². The molecule has 1 N–H and O–H groups in total.